The van der Waals surface area contributed by atoms with E-state index in [1.165, 1.54) is 0 Å². The molecular formula is C25H34O6. The number of hydrogen-bond acceptors (Lipinski definition) is 5. The lowest BCUT2D eigenvalue weighted by molar-refractivity contribution is -0.155. The SMILES string of the molecule is CC(=O)[C@H]1CC[C@@H]2[C@@H]3CCC4=CC(=O)CC[C@]4(COC(=O)CCC(=O)O)[C@@H]3CC[C@]12C. The zero-order valence-corrected chi connectivity index (χ0v) is 18.7. The van der Waals surface area contributed by atoms with E-state index in [2.05, 4.69) is 6.92 Å². The molecule has 4 aliphatic carbocycles. The normalized spacial score (nSPS) is 39.0. The van der Waals surface area contributed by atoms with Gasteiger partial charge >= 0.3 is 11.9 Å². The van der Waals surface area contributed by atoms with Crippen LogP contribution >= 0.6 is 0 Å². The van der Waals surface area contributed by atoms with Crippen molar-refractivity contribution >= 4 is 23.5 Å². The number of carboxylic acid groups (broad SMARTS) is 1. The number of esters is 1. The second-order valence-electron chi connectivity index (χ2n) is 10.5. The highest BCUT2D eigenvalue weighted by Gasteiger charge is 2.61. The molecule has 6 heteroatoms. The first-order valence-electron chi connectivity index (χ1n) is 11.8. The van der Waals surface area contributed by atoms with Crippen LogP contribution < -0.4 is 0 Å². The molecule has 0 bridgehead atoms. The topological polar surface area (TPSA) is 97.7 Å². The first-order valence-corrected chi connectivity index (χ1v) is 11.8. The van der Waals surface area contributed by atoms with E-state index in [1.807, 2.05) is 0 Å². The molecule has 0 radical (unpaired) electrons. The van der Waals surface area contributed by atoms with Gasteiger partial charge in [-0.05, 0) is 81.1 Å². The molecule has 0 amide bonds. The molecule has 0 heterocycles. The second-order valence-corrected chi connectivity index (χ2v) is 10.5. The molecule has 31 heavy (non-hydrogen) atoms. The number of fused-ring (bicyclic) bond motifs is 5. The van der Waals surface area contributed by atoms with Crippen LogP contribution in [0.5, 0.6) is 0 Å². The Bertz CT molecular complexity index is 828. The summed E-state index contributed by atoms with van der Waals surface area (Å²) in [6.07, 6.45) is 8.52. The van der Waals surface area contributed by atoms with E-state index in [0.717, 1.165) is 44.1 Å². The van der Waals surface area contributed by atoms with Crippen LogP contribution in [0, 0.1) is 34.5 Å². The van der Waals surface area contributed by atoms with Gasteiger partial charge in [-0.25, -0.2) is 0 Å². The molecule has 0 aromatic heterocycles. The second kappa shape index (κ2) is 8.18. The van der Waals surface area contributed by atoms with E-state index < -0.39 is 11.9 Å². The van der Waals surface area contributed by atoms with Crippen LogP contribution in [0.2, 0.25) is 0 Å². The number of carbonyl (C=O) groups excluding carboxylic acids is 3. The number of aliphatic carboxylic acids is 1. The van der Waals surface area contributed by atoms with Crippen molar-refractivity contribution in [3.63, 3.8) is 0 Å². The van der Waals surface area contributed by atoms with Gasteiger partial charge in [0.1, 0.15) is 12.4 Å². The molecule has 170 valence electrons. The Morgan fingerprint density at radius 1 is 1.06 bits per heavy atom. The number of rotatable bonds is 6. The lowest BCUT2D eigenvalue weighted by atomic mass is 9.46. The molecular weight excluding hydrogens is 396 g/mol. The zero-order valence-electron chi connectivity index (χ0n) is 18.7. The average molecular weight is 431 g/mol. The van der Waals surface area contributed by atoms with Crippen molar-refractivity contribution < 1.29 is 29.0 Å². The van der Waals surface area contributed by atoms with Crippen LogP contribution in [0.15, 0.2) is 11.6 Å². The van der Waals surface area contributed by atoms with Crippen LogP contribution in [-0.4, -0.2) is 35.2 Å². The maximum absolute atomic E-state index is 12.3. The first-order chi connectivity index (χ1) is 14.7. The van der Waals surface area contributed by atoms with Crippen LogP contribution in [0.25, 0.3) is 0 Å². The fourth-order valence-corrected chi connectivity index (χ4v) is 7.79. The maximum Gasteiger partial charge on any atom is 0.306 e. The number of Topliss-reactive ketones (excluding diaryl/α,β-unsaturated/α-hetero) is 1. The molecule has 0 aliphatic heterocycles. The van der Waals surface area contributed by atoms with Crippen LogP contribution in [0.1, 0.15) is 78.1 Å². The third-order valence-corrected chi connectivity index (χ3v) is 9.21. The molecule has 0 unspecified atom stereocenters. The molecule has 3 saturated carbocycles. The van der Waals surface area contributed by atoms with E-state index in [0.29, 0.717) is 36.4 Å². The summed E-state index contributed by atoms with van der Waals surface area (Å²) in [5.74, 6) is 0.442. The van der Waals surface area contributed by atoms with Gasteiger partial charge in [-0.2, -0.15) is 0 Å². The van der Waals surface area contributed by atoms with Gasteiger partial charge in [-0.3, -0.25) is 19.2 Å². The third kappa shape index (κ3) is 3.76. The summed E-state index contributed by atoms with van der Waals surface area (Å²) in [5.41, 5.74) is 0.865. The predicted molar refractivity (Wildman–Crippen MR) is 113 cm³/mol. The van der Waals surface area contributed by atoms with Gasteiger partial charge in [0.25, 0.3) is 0 Å². The summed E-state index contributed by atoms with van der Waals surface area (Å²) in [6, 6.07) is 0. The maximum atomic E-state index is 12.3. The van der Waals surface area contributed by atoms with Crippen molar-refractivity contribution in [2.24, 2.45) is 34.5 Å². The van der Waals surface area contributed by atoms with Gasteiger partial charge in [0.15, 0.2) is 5.78 Å². The molecule has 0 aromatic carbocycles. The Kier molecular flexibility index (Phi) is 5.86. The van der Waals surface area contributed by atoms with Crippen molar-refractivity contribution in [2.45, 2.75) is 78.1 Å². The summed E-state index contributed by atoms with van der Waals surface area (Å²) >= 11 is 0. The quantitative estimate of drug-likeness (QED) is 0.637. The molecule has 4 rings (SSSR count). The van der Waals surface area contributed by atoms with Crippen molar-refractivity contribution in [3.05, 3.63) is 11.6 Å². The smallest absolute Gasteiger partial charge is 0.306 e. The molecule has 0 aromatic rings. The fourth-order valence-electron chi connectivity index (χ4n) is 7.79. The first kappa shape index (κ1) is 22.2. The average Bonchev–Trinajstić information content (AvgIpc) is 3.08. The van der Waals surface area contributed by atoms with Gasteiger partial charge in [0, 0.05) is 17.8 Å². The van der Waals surface area contributed by atoms with Crippen molar-refractivity contribution in [3.8, 4) is 0 Å². The molecule has 4 aliphatic rings. The Balaban J connectivity index is 1.59. The number of ether oxygens (including phenoxy) is 1. The Morgan fingerprint density at radius 2 is 1.84 bits per heavy atom. The van der Waals surface area contributed by atoms with Crippen molar-refractivity contribution in [1.82, 2.24) is 0 Å². The van der Waals surface area contributed by atoms with Crippen LogP contribution in [0.3, 0.4) is 0 Å². The van der Waals surface area contributed by atoms with Crippen LogP contribution in [0.4, 0.5) is 0 Å². The Morgan fingerprint density at radius 3 is 2.55 bits per heavy atom. The highest BCUT2D eigenvalue weighted by Crippen LogP contribution is 2.66. The number of ketones is 2. The number of carbonyl (C=O) groups is 4. The summed E-state index contributed by atoms with van der Waals surface area (Å²) in [5, 5.41) is 8.84. The van der Waals surface area contributed by atoms with Gasteiger partial charge in [0.05, 0.1) is 12.8 Å². The van der Waals surface area contributed by atoms with Gasteiger partial charge in [0.2, 0.25) is 0 Å². The Hall–Kier alpha value is -1.98. The van der Waals surface area contributed by atoms with Gasteiger partial charge < -0.3 is 9.84 Å². The van der Waals surface area contributed by atoms with E-state index in [9.17, 15) is 19.2 Å². The number of hydrogen-bond donors (Lipinski definition) is 1. The minimum absolute atomic E-state index is 0.0536. The lowest BCUT2D eigenvalue weighted by Crippen LogP contribution is -2.53. The third-order valence-electron chi connectivity index (χ3n) is 9.21. The lowest BCUT2D eigenvalue weighted by Gasteiger charge is -2.58. The molecule has 0 spiro atoms. The fraction of sp³-hybridized carbons (Fsp3) is 0.760. The van der Waals surface area contributed by atoms with Gasteiger partial charge in [-0.15, -0.1) is 0 Å². The zero-order chi connectivity index (χ0) is 22.4. The van der Waals surface area contributed by atoms with E-state index >= 15 is 0 Å². The monoisotopic (exact) mass is 430 g/mol. The minimum Gasteiger partial charge on any atom is -0.481 e. The van der Waals surface area contributed by atoms with Crippen LogP contribution in [-0.2, 0) is 23.9 Å². The predicted octanol–water partition coefficient (Wildman–Crippen LogP) is 4.11. The largest absolute Gasteiger partial charge is 0.481 e. The Labute approximate surface area is 183 Å². The summed E-state index contributed by atoms with van der Waals surface area (Å²) in [7, 11) is 0. The molecule has 3 fully saturated rings. The minimum atomic E-state index is -1.01. The molecule has 1 N–H and O–H groups in total. The number of carboxylic acids is 1. The van der Waals surface area contributed by atoms with Crippen molar-refractivity contribution in [1.29, 1.82) is 0 Å². The van der Waals surface area contributed by atoms with Gasteiger partial charge in [-0.1, -0.05) is 12.5 Å². The van der Waals surface area contributed by atoms with Crippen molar-refractivity contribution in [2.75, 3.05) is 6.61 Å². The summed E-state index contributed by atoms with van der Waals surface area (Å²) < 4.78 is 5.66. The van der Waals surface area contributed by atoms with E-state index in [1.54, 1.807) is 13.0 Å². The standard InChI is InChI=1S/C25H34O6/c1-15(26)19-5-6-20-18-4-3-16-13-17(27)9-12-25(16,21(18)10-11-24(19,20)2)14-31-23(30)8-7-22(28)29/h13,18-21H,3-12,14H2,1-2H3,(H,28,29)/t18-,19+,20+,21+,24+,25+/m0/s1. The van der Waals surface area contributed by atoms with E-state index in [4.69, 9.17) is 9.84 Å². The van der Waals surface area contributed by atoms with E-state index in [-0.39, 0.29) is 42.0 Å². The summed E-state index contributed by atoms with van der Waals surface area (Å²) in [4.78, 5) is 47.6. The molecule has 0 saturated heterocycles. The molecule has 6 nitrogen and oxygen atoms in total. The summed E-state index contributed by atoms with van der Waals surface area (Å²) in [6.45, 7) is 4.28. The highest BCUT2D eigenvalue weighted by atomic mass is 16.5. The highest BCUT2D eigenvalue weighted by molar-refractivity contribution is 5.91. The molecule has 6 atom stereocenters.